The van der Waals surface area contributed by atoms with E-state index in [1.54, 1.807) is 6.07 Å². The molecule has 15 heavy (non-hydrogen) atoms. The molecule has 2 nitrogen and oxygen atoms in total. The van der Waals surface area contributed by atoms with Crippen LogP contribution in [0.25, 0.3) is 0 Å². The smallest absolute Gasteiger partial charge is 0.124 e. The van der Waals surface area contributed by atoms with Crippen molar-refractivity contribution in [1.29, 1.82) is 0 Å². The number of aliphatic hydroxyl groups excluding tert-OH is 1. The summed E-state index contributed by atoms with van der Waals surface area (Å²) in [5, 5.41) is 12.4. The maximum atomic E-state index is 12.9. The monoisotopic (exact) mass is 275 g/mol. The first-order valence-corrected chi connectivity index (χ1v) is 5.77. The predicted octanol–water partition coefficient (Wildman–Crippen LogP) is 2.62. The molecule has 0 saturated heterocycles. The molecule has 0 heterocycles. The maximum Gasteiger partial charge on any atom is 0.124 e. The molecule has 2 N–H and O–H groups in total. The third-order valence-corrected chi connectivity index (χ3v) is 2.85. The van der Waals surface area contributed by atoms with E-state index in [1.807, 2.05) is 0 Å². The Balaban J connectivity index is 2.81. The second-order valence-corrected chi connectivity index (χ2v) is 4.21. The number of hydrogen-bond donors (Lipinski definition) is 2. The van der Waals surface area contributed by atoms with E-state index in [0.29, 0.717) is 4.47 Å². The van der Waals surface area contributed by atoms with Crippen molar-refractivity contribution in [2.45, 2.75) is 19.4 Å². The molecule has 0 amide bonds. The van der Waals surface area contributed by atoms with Crippen molar-refractivity contribution >= 4 is 15.9 Å². The Morgan fingerprint density at radius 1 is 1.53 bits per heavy atom. The molecule has 0 aliphatic rings. The van der Waals surface area contributed by atoms with E-state index in [0.717, 1.165) is 18.5 Å². The minimum absolute atomic E-state index is 0.00420. The van der Waals surface area contributed by atoms with E-state index in [-0.39, 0.29) is 18.5 Å². The summed E-state index contributed by atoms with van der Waals surface area (Å²) in [7, 11) is 0. The van der Waals surface area contributed by atoms with Crippen molar-refractivity contribution in [1.82, 2.24) is 5.32 Å². The van der Waals surface area contributed by atoms with Gasteiger partial charge in [0.2, 0.25) is 0 Å². The minimum Gasteiger partial charge on any atom is -0.394 e. The van der Waals surface area contributed by atoms with Crippen molar-refractivity contribution in [3.8, 4) is 0 Å². The number of halogens is 2. The van der Waals surface area contributed by atoms with Crippen LogP contribution in [0, 0.1) is 5.82 Å². The van der Waals surface area contributed by atoms with Crippen molar-refractivity contribution in [2.24, 2.45) is 0 Å². The van der Waals surface area contributed by atoms with Gasteiger partial charge >= 0.3 is 0 Å². The summed E-state index contributed by atoms with van der Waals surface area (Å²) >= 11 is 3.29. The Kier molecular flexibility index (Phi) is 5.22. The van der Waals surface area contributed by atoms with E-state index >= 15 is 0 Å². The second kappa shape index (κ2) is 6.20. The normalized spacial score (nSPS) is 12.8. The topological polar surface area (TPSA) is 32.3 Å². The van der Waals surface area contributed by atoms with E-state index in [9.17, 15) is 9.50 Å². The lowest BCUT2D eigenvalue weighted by molar-refractivity contribution is 0.244. The lowest BCUT2D eigenvalue weighted by Gasteiger charge is -2.17. The molecule has 1 unspecified atom stereocenters. The van der Waals surface area contributed by atoms with Gasteiger partial charge in [-0.3, -0.25) is 0 Å². The van der Waals surface area contributed by atoms with Gasteiger partial charge in [-0.2, -0.15) is 0 Å². The van der Waals surface area contributed by atoms with Gasteiger partial charge in [0, 0.05) is 4.47 Å². The number of nitrogens with one attached hydrogen (secondary N) is 1. The van der Waals surface area contributed by atoms with Crippen LogP contribution in [-0.2, 0) is 0 Å². The molecule has 1 atom stereocenters. The van der Waals surface area contributed by atoms with Gasteiger partial charge in [-0.25, -0.2) is 4.39 Å². The van der Waals surface area contributed by atoms with Crippen molar-refractivity contribution in [3.05, 3.63) is 34.1 Å². The van der Waals surface area contributed by atoms with Crippen LogP contribution >= 0.6 is 15.9 Å². The van der Waals surface area contributed by atoms with Gasteiger partial charge in [0.1, 0.15) is 5.82 Å². The molecular formula is C11H15BrFNO. The van der Waals surface area contributed by atoms with Gasteiger partial charge < -0.3 is 10.4 Å². The van der Waals surface area contributed by atoms with Gasteiger partial charge in [-0.1, -0.05) is 28.9 Å². The SMILES string of the molecule is CCCNC(CO)c1ccc(F)cc1Br. The summed E-state index contributed by atoms with van der Waals surface area (Å²) in [6, 6.07) is 4.35. The summed E-state index contributed by atoms with van der Waals surface area (Å²) in [6.07, 6.45) is 0.995. The zero-order chi connectivity index (χ0) is 11.3. The first-order chi connectivity index (χ1) is 7.19. The summed E-state index contributed by atoms with van der Waals surface area (Å²) in [4.78, 5) is 0. The van der Waals surface area contributed by atoms with Crippen LogP contribution in [0.3, 0.4) is 0 Å². The van der Waals surface area contributed by atoms with Gasteiger partial charge in [-0.05, 0) is 30.7 Å². The highest BCUT2D eigenvalue weighted by molar-refractivity contribution is 9.10. The van der Waals surface area contributed by atoms with Crippen LogP contribution in [0.2, 0.25) is 0 Å². The van der Waals surface area contributed by atoms with Gasteiger partial charge in [0.15, 0.2) is 0 Å². The zero-order valence-electron chi connectivity index (χ0n) is 8.63. The number of hydrogen-bond acceptors (Lipinski definition) is 2. The molecule has 0 aromatic heterocycles. The molecule has 1 aromatic rings. The first kappa shape index (κ1) is 12.6. The molecule has 4 heteroatoms. The Bertz CT molecular complexity index is 319. The lowest BCUT2D eigenvalue weighted by atomic mass is 10.1. The zero-order valence-corrected chi connectivity index (χ0v) is 10.2. The predicted molar refractivity (Wildman–Crippen MR) is 62.2 cm³/mol. The van der Waals surface area contributed by atoms with Crippen LogP contribution in [0.4, 0.5) is 4.39 Å². The third-order valence-electron chi connectivity index (χ3n) is 2.16. The lowest BCUT2D eigenvalue weighted by Crippen LogP contribution is -2.25. The molecule has 84 valence electrons. The van der Waals surface area contributed by atoms with Gasteiger partial charge in [0.25, 0.3) is 0 Å². The van der Waals surface area contributed by atoms with Crippen molar-refractivity contribution in [2.75, 3.05) is 13.2 Å². The largest absolute Gasteiger partial charge is 0.394 e. The number of aliphatic hydroxyl groups is 1. The number of benzene rings is 1. The van der Waals surface area contributed by atoms with Crippen molar-refractivity contribution < 1.29 is 9.50 Å². The molecule has 1 rings (SSSR count). The van der Waals surface area contributed by atoms with E-state index in [1.165, 1.54) is 12.1 Å². The fourth-order valence-electron chi connectivity index (χ4n) is 1.38. The quantitative estimate of drug-likeness (QED) is 0.866. The Morgan fingerprint density at radius 3 is 2.80 bits per heavy atom. The van der Waals surface area contributed by atoms with E-state index in [2.05, 4.69) is 28.2 Å². The highest BCUT2D eigenvalue weighted by Crippen LogP contribution is 2.24. The molecule has 0 radical (unpaired) electrons. The molecule has 0 saturated carbocycles. The average Bonchev–Trinajstić information content (AvgIpc) is 2.21. The summed E-state index contributed by atoms with van der Waals surface area (Å²) in [5.74, 6) is -0.280. The molecular weight excluding hydrogens is 261 g/mol. The summed E-state index contributed by atoms with van der Waals surface area (Å²) in [6.45, 7) is 2.89. The van der Waals surface area contributed by atoms with Crippen LogP contribution < -0.4 is 5.32 Å². The van der Waals surface area contributed by atoms with Gasteiger partial charge in [0.05, 0.1) is 12.6 Å². The molecule has 0 aliphatic heterocycles. The minimum atomic E-state index is -0.280. The van der Waals surface area contributed by atoms with E-state index in [4.69, 9.17) is 0 Å². The summed E-state index contributed by atoms with van der Waals surface area (Å²) < 4.78 is 13.5. The standard InChI is InChI=1S/C11H15BrFNO/c1-2-5-14-11(7-15)9-4-3-8(13)6-10(9)12/h3-4,6,11,14-15H,2,5,7H2,1H3. The molecule has 0 aliphatic carbocycles. The Hall–Kier alpha value is -0.450. The third kappa shape index (κ3) is 3.55. The average molecular weight is 276 g/mol. The number of rotatable bonds is 5. The molecule has 0 fully saturated rings. The van der Waals surface area contributed by atoms with Gasteiger partial charge in [-0.15, -0.1) is 0 Å². The molecule has 0 bridgehead atoms. The molecule has 1 aromatic carbocycles. The van der Waals surface area contributed by atoms with Crippen molar-refractivity contribution in [3.63, 3.8) is 0 Å². The second-order valence-electron chi connectivity index (χ2n) is 3.36. The Morgan fingerprint density at radius 2 is 2.27 bits per heavy atom. The highest BCUT2D eigenvalue weighted by atomic mass is 79.9. The fraction of sp³-hybridized carbons (Fsp3) is 0.455. The summed E-state index contributed by atoms with van der Waals surface area (Å²) in [5.41, 5.74) is 0.882. The van der Waals surface area contributed by atoms with E-state index < -0.39 is 0 Å². The van der Waals surface area contributed by atoms with Crippen LogP contribution in [0.15, 0.2) is 22.7 Å². The van der Waals surface area contributed by atoms with Crippen LogP contribution in [-0.4, -0.2) is 18.3 Å². The highest BCUT2D eigenvalue weighted by Gasteiger charge is 2.12. The fourth-order valence-corrected chi connectivity index (χ4v) is 2.00. The van der Waals surface area contributed by atoms with Crippen LogP contribution in [0.1, 0.15) is 24.9 Å². The Labute approximate surface area is 97.6 Å². The van der Waals surface area contributed by atoms with Crippen LogP contribution in [0.5, 0.6) is 0 Å². The maximum absolute atomic E-state index is 12.9. The first-order valence-electron chi connectivity index (χ1n) is 4.98. The molecule has 0 spiro atoms.